The van der Waals surface area contributed by atoms with Crippen molar-refractivity contribution in [3.8, 4) is 17.1 Å². The number of carbonyl (C=O) groups is 2. The molecule has 1 saturated heterocycles. The molecule has 0 aliphatic carbocycles. The van der Waals surface area contributed by atoms with Crippen LogP contribution in [-0.4, -0.2) is 50.4 Å². The highest BCUT2D eigenvalue weighted by atomic mass is 35.5. The molecular formula is C29H21ClF6N6O3S. The maximum Gasteiger partial charge on any atom is 0.416 e. The molecule has 46 heavy (non-hydrogen) atoms. The minimum absolute atomic E-state index is 0.0101. The second-order valence-corrected chi connectivity index (χ2v) is 11.2. The fourth-order valence-electron chi connectivity index (χ4n) is 4.27. The summed E-state index contributed by atoms with van der Waals surface area (Å²) in [5.41, 5.74) is 1.42. The van der Waals surface area contributed by atoms with Crippen LogP contribution in [0, 0.1) is 6.92 Å². The Kier molecular flexibility index (Phi) is 9.42. The molecule has 0 spiro atoms. The maximum atomic E-state index is 12.9. The van der Waals surface area contributed by atoms with E-state index in [1.807, 2.05) is 0 Å². The number of aliphatic imine (C=N–C) groups is 1. The number of benzene rings is 3. The van der Waals surface area contributed by atoms with Gasteiger partial charge in [-0.05, 0) is 61.0 Å². The van der Waals surface area contributed by atoms with Gasteiger partial charge in [-0.2, -0.15) is 31.3 Å². The van der Waals surface area contributed by atoms with E-state index in [-0.39, 0.29) is 33.1 Å². The molecule has 0 radical (unpaired) electrons. The first-order chi connectivity index (χ1) is 21.7. The van der Waals surface area contributed by atoms with Gasteiger partial charge in [0.1, 0.15) is 12.9 Å². The van der Waals surface area contributed by atoms with Crippen LogP contribution in [0.2, 0.25) is 5.02 Å². The summed E-state index contributed by atoms with van der Waals surface area (Å²) in [5, 5.41) is 6.91. The molecular weight excluding hydrogens is 662 g/mol. The van der Waals surface area contributed by atoms with E-state index in [1.54, 1.807) is 25.1 Å². The fraction of sp³-hybridized carbons (Fsp3) is 0.207. The summed E-state index contributed by atoms with van der Waals surface area (Å²) >= 11 is 7.37. The van der Waals surface area contributed by atoms with Crippen LogP contribution in [0.3, 0.4) is 0 Å². The second kappa shape index (κ2) is 13.1. The van der Waals surface area contributed by atoms with Gasteiger partial charge in [0, 0.05) is 11.1 Å². The summed E-state index contributed by atoms with van der Waals surface area (Å²) in [5.74, 6) is -0.265. The summed E-state index contributed by atoms with van der Waals surface area (Å²) in [7, 11) is 0. The van der Waals surface area contributed by atoms with Gasteiger partial charge in [-0.1, -0.05) is 35.5 Å². The lowest BCUT2D eigenvalue weighted by Gasteiger charge is -2.21. The van der Waals surface area contributed by atoms with Gasteiger partial charge in [0.2, 0.25) is 5.91 Å². The first kappa shape index (κ1) is 33.0. The van der Waals surface area contributed by atoms with Crippen molar-refractivity contribution in [2.45, 2.75) is 25.9 Å². The van der Waals surface area contributed by atoms with Gasteiger partial charge in [-0.15, -0.1) is 5.10 Å². The minimum atomic E-state index is -4.53. The lowest BCUT2D eigenvalue weighted by Crippen LogP contribution is -2.31. The highest BCUT2D eigenvalue weighted by molar-refractivity contribution is 8.15. The number of anilines is 2. The number of urea groups is 1. The van der Waals surface area contributed by atoms with Crippen LogP contribution in [-0.2, 0) is 22.3 Å². The number of halogens is 7. The highest BCUT2D eigenvalue weighted by Crippen LogP contribution is 2.33. The number of nitrogens with zero attached hydrogens (tertiary/aromatic N) is 5. The van der Waals surface area contributed by atoms with Crippen molar-refractivity contribution < 1.29 is 40.7 Å². The van der Waals surface area contributed by atoms with E-state index in [4.69, 9.17) is 16.3 Å². The molecule has 3 amide bonds. The Morgan fingerprint density at radius 1 is 1.07 bits per heavy atom. The molecule has 1 fully saturated rings. The monoisotopic (exact) mass is 682 g/mol. The standard InChI is InChI=1S/C29H21ClF6N6O3S/c1-16-2-3-18(12-45-14-28(31,32)33)23(10-16)42-24(43)13-46-27(42)39-26(44)38-22-9-4-17(11-21(22)30)25-37-15-41(40-25)20-7-5-19(6-8-20)29(34,35)36/h2-11,15H,12-14H2,1H3,(H,38,44). The molecule has 240 valence electrons. The number of rotatable bonds is 7. The van der Waals surface area contributed by atoms with Gasteiger partial charge in [0.15, 0.2) is 11.0 Å². The van der Waals surface area contributed by atoms with Crippen LogP contribution in [0.1, 0.15) is 16.7 Å². The molecule has 3 aromatic carbocycles. The molecule has 1 N–H and O–H groups in total. The second-order valence-electron chi connectivity index (χ2n) is 9.83. The molecule has 1 aromatic heterocycles. The molecule has 0 bridgehead atoms. The number of thioether (sulfide) groups is 1. The van der Waals surface area contributed by atoms with Crippen molar-refractivity contribution in [1.82, 2.24) is 14.8 Å². The van der Waals surface area contributed by atoms with Gasteiger partial charge in [-0.3, -0.25) is 9.69 Å². The summed E-state index contributed by atoms with van der Waals surface area (Å²) in [6, 6.07) is 12.8. The molecule has 0 unspecified atom stereocenters. The zero-order valence-corrected chi connectivity index (χ0v) is 25.1. The Bertz CT molecular complexity index is 1810. The number of ether oxygens (including phenoxy) is 1. The number of hydrogen-bond donors (Lipinski definition) is 1. The van der Waals surface area contributed by atoms with Crippen LogP contribution in [0.5, 0.6) is 0 Å². The normalized spacial score (nSPS) is 14.7. The first-order valence-electron chi connectivity index (χ1n) is 13.2. The Labute approximate surface area is 266 Å². The van der Waals surface area contributed by atoms with Gasteiger partial charge in [-0.25, -0.2) is 14.5 Å². The third-order valence-electron chi connectivity index (χ3n) is 6.39. The van der Waals surface area contributed by atoms with E-state index in [2.05, 4.69) is 20.4 Å². The zero-order chi connectivity index (χ0) is 33.2. The Morgan fingerprint density at radius 2 is 1.80 bits per heavy atom. The zero-order valence-electron chi connectivity index (χ0n) is 23.5. The van der Waals surface area contributed by atoms with Crippen LogP contribution in [0.25, 0.3) is 17.1 Å². The molecule has 2 heterocycles. The summed E-state index contributed by atoms with van der Waals surface area (Å²) < 4.78 is 82.5. The summed E-state index contributed by atoms with van der Waals surface area (Å²) in [4.78, 5) is 35.0. The van der Waals surface area contributed by atoms with Crippen molar-refractivity contribution >= 4 is 51.8 Å². The third kappa shape index (κ3) is 7.86. The number of hydrogen-bond acceptors (Lipinski definition) is 6. The lowest BCUT2D eigenvalue weighted by atomic mass is 10.1. The first-order valence-corrected chi connectivity index (χ1v) is 14.5. The minimum Gasteiger partial charge on any atom is -0.367 e. The van der Waals surface area contributed by atoms with E-state index in [0.717, 1.165) is 28.8 Å². The van der Waals surface area contributed by atoms with Gasteiger partial charge >= 0.3 is 18.4 Å². The number of aryl methyl sites for hydroxylation is 1. The Morgan fingerprint density at radius 3 is 2.48 bits per heavy atom. The lowest BCUT2D eigenvalue weighted by molar-refractivity contribution is -0.176. The predicted molar refractivity (Wildman–Crippen MR) is 160 cm³/mol. The average Bonchev–Trinajstić information content (AvgIpc) is 3.61. The molecule has 0 atom stereocenters. The van der Waals surface area contributed by atoms with Crippen molar-refractivity contribution in [2.24, 2.45) is 4.99 Å². The molecule has 1 aliphatic heterocycles. The van der Waals surface area contributed by atoms with Gasteiger partial charge < -0.3 is 10.1 Å². The van der Waals surface area contributed by atoms with Crippen molar-refractivity contribution in [2.75, 3.05) is 22.6 Å². The van der Waals surface area contributed by atoms with E-state index in [1.165, 1.54) is 41.3 Å². The number of amidine groups is 1. The number of alkyl halides is 6. The molecule has 4 aromatic rings. The topological polar surface area (TPSA) is 102 Å². The van der Waals surface area contributed by atoms with E-state index < -0.39 is 43.1 Å². The highest BCUT2D eigenvalue weighted by Gasteiger charge is 2.33. The smallest absolute Gasteiger partial charge is 0.367 e. The average molecular weight is 683 g/mol. The number of carbonyl (C=O) groups excluding carboxylic acids is 2. The summed E-state index contributed by atoms with van der Waals surface area (Å²) in [6.45, 7) is -0.160. The van der Waals surface area contributed by atoms with E-state index in [0.29, 0.717) is 22.4 Å². The van der Waals surface area contributed by atoms with Crippen LogP contribution < -0.4 is 10.2 Å². The fourth-order valence-corrected chi connectivity index (χ4v) is 5.36. The van der Waals surface area contributed by atoms with Crippen molar-refractivity contribution in [3.05, 3.63) is 88.7 Å². The van der Waals surface area contributed by atoms with Crippen LogP contribution in [0.15, 0.2) is 72.0 Å². The number of amides is 3. The molecule has 17 heteroatoms. The maximum absolute atomic E-state index is 12.9. The molecule has 5 rings (SSSR count). The quantitative estimate of drug-likeness (QED) is 0.201. The van der Waals surface area contributed by atoms with Gasteiger partial charge in [0.05, 0.1) is 40.0 Å². The molecule has 9 nitrogen and oxygen atoms in total. The molecule has 0 saturated carbocycles. The number of nitrogens with one attached hydrogen (secondary N) is 1. The van der Waals surface area contributed by atoms with Gasteiger partial charge in [0.25, 0.3) is 0 Å². The van der Waals surface area contributed by atoms with E-state index >= 15 is 0 Å². The number of aromatic nitrogens is 3. The third-order valence-corrected chi connectivity index (χ3v) is 7.62. The Balaban J connectivity index is 1.30. The SMILES string of the molecule is Cc1ccc(COCC(F)(F)F)c(N2C(=O)CSC2=NC(=O)Nc2ccc(-c3ncn(-c4ccc(C(F)(F)F)cc4)n3)cc2Cl)c1. The predicted octanol–water partition coefficient (Wildman–Crippen LogP) is 7.66. The van der Waals surface area contributed by atoms with Crippen molar-refractivity contribution in [1.29, 1.82) is 0 Å². The van der Waals surface area contributed by atoms with E-state index in [9.17, 15) is 35.9 Å². The largest absolute Gasteiger partial charge is 0.416 e. The van der Waals surface area contributed by atoms with Crippen LogP contribution >= 0.6 is 23.4 Å². The molecule has 1 aliphatic rings. The van der Waals surface area contributed by atoms with Crippen LogP contribution in [0.4, 0.5) is 42.5 Å². The Hall–Kier alpha value is -4.41. The summed E-state index contributed by atoms with van der Waals surface area (Å²) in [6.07, 6.45) is -7.67. The van der Waals surface area contributed by atoms with Crippen molar-refractivity contribution in [3.63, 3.8) is 0 Å².